The molecule has 0 unspecified atom stereocenters. The summed E-state index contributed by atoms with van der Waals surface area (Å²) in [6.45, 7) is 11.7. The van der Waals surface area contributed by atoms with Crippen LogP contribution in [0.3, 0.4) is 0 Å². The molecule has 4 fully saturated rings. The maximum atomic E-state index is 12.8. The third-order valence-electron chi connectivity index (χ3n) is 11.9. The van der Waals surface area contributed by atoms with E-state index in [0.717, 1.165) is 37.2 Å². The lowest BCUT2D eigenvalue weighted by Gasteiger charge is -2.63. The SMILES string of the molecule is CCOC(=O)C(C)(C)[C@]1(O)CC[C@@]2(C)[C@@H](CC[C@@H]3[C@H]4CC[C@H](OCc5ccccc5)[C@@]4(C)CC[C@@H]32)C1. The van der Waals surface area contributed by atoms with Crippen LogP contribution in [0.4, 0.5) is 0 Å². The molecule has 4 aliphatic carbocycles. The lowest BCUT2D eigenvalue weighted by molar-refractivity contribution is -0.200. The lowest BCUT2D eigenvalue weighted by atomic mass is 9.43. The third kappa shape index (κ3) is 4.06. The van der Waals surface area contributed by atoms with E-state index in [1.165, 1.54) is 44.1 Å². The molecule has 0 aromatic heterocycles. The highest BCUT2D eigenvalue weighted by molar-refractivity contribution is 5.77. The van der Waals surface area contributed by atoms with Crippen LogP contribution in [0.25, 0.3) is 0 Å². The fraction of sp³-hybridized carbons (Fsp3) is 0.781. The van der Waals surface area contributed by atoms with Crippen molar-refractivity contribution in [2.75, 3.05) is 6.61 Å². The zero-order chi connectivity index (χ0) is 25.8. The first-order valence-electron chi connectivity index (χ1n) is 14.6. The van der Waals surface area contributed by atoms with Crippen molar-refractivity contribution in [2.45, 2.75) is 111 Å². The minimum absolute atomic E-state index is 0.254. The Morgan fingerprint density at radius 1 is 0.972 bits per heavy atom. The molecule has 200 valence electrons. The Morgan fingerprint density at radius 2 is 1.69 bits per heavy atom. The molecule has 0 radical (unpaired) electrons. The summed E-state index contributed by atoms with van der Waals surface area (Å²) in [5.41, 5.74) is -0.0544. The standard InChI is InChI=1S/C32H48O4/c1-6-35-28(33)29(2,3)32(34)19-18-30(4)23(20-32)12-13-24-25-14-15-27(31(25,5)17-16-26(24)30)36-21-22-10-8-7-9-11-22/h7-11,23-27,34H,6,12-21H2,1-5H3/t23-,24+,25+,26-,27-,30-,31-,32-/m0/s1. The molecule has 0 aliphatic heterocycles. The van der Waals surface area contributed by atoms with Gasteiger partial charge in [-0.25, -0.2) is 0 Å². The summed E-state index contributed by atoms with van der Waals surface area (Å²) < 4.78 is 12.0. The van der Waals surface area contributed by atoms with E-state index in [4.69, 9.17) is 9.47 Å². The van der Waals surface area contributed by atoms with Crippen molar-refractivity contribution >= 4 is 5.97 Å². The fourth-order valence-corrected chi connectivity index (χ4v) is 9.31. The van der Waals surface area contributed by atoms with Gasteiger partial charge in [0, 0.05) is 0 Å². The summed E-state index contributed by atoms with van der Waals surface area (Å²) in [6.07, 6.45) is 10.2. The van der Waals surface area contributed by atoms with Gasteiger partial charge in [-0.1, -0.05) is 44.2 Å². The highest BCUT2D eigenvalue weighted by Gasteiger charge is 2.63. The molecular weight excluding hydrogens is 448 g/mol. The third-order valence-corrected chi connectivity index (χ3v) is 11.9. The van der Waals surface area contributed by atoms with E-state index in [-0.39, 0.29) is 16.8 Å². The second kappa shape index (κ2) is 9.42. The van der Waals surface area contributed by atoms with Crippen LogP contribution < -0.4 is 0 Å². The van der Waals surface area contributed by atoms with Gasteiger partial charge in [-0.15, -0.1) is 0 Å². The number of fused-ring (bicyclic) bond motifs is 5. The number of carbonyl (C=O) groups excluding carboxylic acids is 1. The summed E-state index contributed by atoms with van der Waals surface area (Å²) in [6, 6.07) is 10.6. The topological polar surface area (TPSA) is 55.8 Å². The first-order valence-corrected chi connectivity index (χ1v) is 14.6. The molecule has 0 saturated heterocycles. The van der Waals surface area contributed by atoms with Crippen LogP contribution in [0.5, 0.6) is 0 Å². The van der Waals surface area contributed by atoms with Gasteiger partial charge in [0.2, 0.25) is 0 Å². The maximum Gasteiger partial charge on any atom is 0.314 e. The molecule has 5 rings (SSSR count). The largest absolute Gasteiger partial charge is 0.465 e. The Bertz CT molecular complexity index is 943. The second-order valence-electron chi connectivity index (χ2n) is 13.6. The number of hydrogen-bond donors (Lipinski definition) is 1. The van der Waals surface area contributed by atoms with Gasteiger partial charge in [0.1, 0.15) is 0 Å². The van der Waals surface area contributed by atoms with Crippen molar-refractivity contribution in [2.24, 2.45) is 39.9 Å². The van der Waals surface area contributed by atoms with Gasteiger partial charge in [-0.05, 0) is 119 Å². The van der Waals surface area contributed by atoms with E-state index in [1.807, 2.05) is 20.8 Å². The molecule has 36 heavy (non-hydrogen) atoms. The molecule has 4 saturated carbocycles. The number of hydrogen-bond acceptors (Lipinski definition) is 4. The molecule has 4 nitrogen and oxygen atoms in total. The van der Waals surface area contributed by atoms with E-state index in [2.05, 4.69) is 44.2 Å². The minimum atomic E-state index is -0.983. The number of benzene rings is 1. The Hall–Kier alpha value is -1.39. The van der Waals surface area contributed by atoms with Crippen molar-refractivity contribution in [3.05, 3.63) is 35.9 Å². The highest BCUT2D eigenvalue weighted by Crippen LogP contribution is 2.68. The van der Waals surface area contributed by atoms with Crippen LogP contribution in [0.2, 0.25) is 0 Å². The van der Waals surface area contributed by atoms with E-state index in [0.29, 0.717) is 25.0 Å². The van der Waals surface area contributed by atoms with E-state index < -0.39 is 11.0 Å². The summed E-state index contributed by atoms with van der Waals surface area (Å²) in [5, 5.41) is 11.8. The van der Waals surface area contributed by atoms with Crippen LogP contribution in [0.15, 0.2) is 30.3 Å². The number of esters is 1. The van der Waals surface area contributed by atoms with Crippen molar-refractivity contribution in [1.29, 1.82) is 0 Å². The zero-order valence-electron chi connectivity index (χ0n) is 23.2. The lowest BCUT2D eigenvalue weighted by Crippen LogP contribution is -2.60. The molecule has 0 amide bonds. The average Bonchev–Trinajstić information content (AvgIpc) is 3.20. The highest BCUT2D eigenvalue weighted by atomic mass is 16.5. The molecule has 1 aromatic rings. The Labute approximate surface area is 218 Å². The number of carbonyl (C=O) groups is 1. The Kier molecular flexibility index (Phi) is 6.86. The quantitative estimate of drug-likeness (QED) is 0.434. The normalized spacial score (nSPS) is 42.2. The van der Waals surface area contributed by atoms with Crippen LogP contribution in [0, 0.1) is 39.9 Å². The first kappa shape index (κ1) is 26.2. The molecular formula is C32H48O4. The van der Waals surface area contributed by atoms with Gasteiger partial charge >= 0.3 is 5.97 Å². The van der Waals surface area contributed by atoms with Gasteiger partial charge in [-0.2, -0.15) is 0 Å². The smallest absolute Gasteiger partial charge is 0.314 e. The summed E-state index contributed by atoms with van der Waals surface area (Å²) in [7, 11) is 0. The van der Waals surface area contributed by atoms with Crippen molar-refractivity contribution < 1.29 is 19.4 Å². The molecule has 4 aliphatic rings. The second-order valence-corrected chi connectivity index (χ2v) is 13.6. The van der Waals surface area contributed by atoms with Crippen LogP contribution in [0.1, 0.15) is 98.0 Å². The predicted molar refractivity (Wildman–Crippen MR) is 142 cm³/mol. The van der Waals surface area contributed by atoms with Crippen molar-refractivity contribution in [3.63, 3.8) is 0 Å². The predicted octanol–water partition coefficient (Wildman–Crippen LogP) is 6.93. The van der Waals surface area contributed by atoms with E-state index >= 15 is 0 Å². The Morgan fingerprint density at radius 3 is 2.42 bits per heavy atom. The van der Waals surface area contributed by atoms with Crippen molar-refractivity contribution in [3.8, 4) is 0 Å². The number of rotatable bonds is 6. The molecule has 8 atom stereocenters. The first-order chi connectivity index (χ1) is 17.0. The van der Waals surface area contributed by atoms with Gasteiger partial charge in [-0.3, -0.25) is 4.79 Å². The summed E-state index contributed by atoms with van der Waals surface area (Å²) in [5.74, 6) is 2.44. The van der Waals surface area contributed by atoms with Crippen LogP contribution in [-0.4, -0.2) is 29.4 Å². The van der Waals surface area contributed by atoms with E-state index in [1.54, 1.807) is 0 Å². The molecule has 0 spiro atoms. The van der Waals surface area contributed by atoms with Crippen LogP contribution >= 0.6 is 0 Å². The Balaban J connectivity index is 1.29. The zero-order valence-corrected chi connectivity index (χ0v) is 23.2. The monoisotopic (exact) mass is 496 g/mol. The molecule has 0 bridgehead atoms. The fourth-order valence-electron chi connectivity index (χ4n) is 9.31. The molecule has 1 aromatic carbocycles. The molecule has 1 N–H and O–H groups in total. The van der Waals surface area contributed by atoms with Crippen LogP contribution in [-0.2, 0) is 20.9 Å². The van der Waals surface area contributed by atoms with Gasteiger partial charge in [0.15, 0.2) is 0 Å². The van der Waals surface area contributed by atoms with Gasteiger partial charge in [0.25, 0.3) is 0 Å². The molecule has 0 heterocycles. The summed E-state index contributed by atoms with van der Waals surface area (Å²) in [4.78, 5) is 12.8. The van der Waals surface area contributed by atoms with Crippen molar-refractivity contribution in [1.82, 2.24) is 0 Å². The maximum absolute atomic E-state index is 12.8. The molecule has 4 heteroatoms. The van der Waals surface area contributed by atoms with E-state index in [9.17, 15) is 9.90 Å². The number of ether oxygens (including phenoxy) is 2. The minimum Gasteiger partial charge on any atom is -0.465 e. The number of aliphatic hydroxyl groups is 1. The summed E-state index contributed by atoms with van der Waals surface area (Å²) >= 11 is 0. The van der Waals surface area contributed by atoms with Gasteiger partial charge in [0.05, 0.1) is 30.3 Å². The average molecular weight is 497 g/mol. The van der Waals surface area contributed by atoms with Gasteiger partial charge < -0.3 is 14.6 Å².